The van der Waals surface area contributed by atoms with E-state index in [1.54, 1.807) is 7.11 Å². The zero-order valence-corrected chi connectivity index (χ0v) is 18.7. The smallest absolute Gasteiger partial charge is 0.234 e. The van der Waals surface area contributed by atoms with Crippen molar-refractivity contribution in [2.24, 2.45) is 0 Å². The zero-order valence-electron chi connectivity index (χ0n) is 15.6. The van der Waals surface area contributed by atoms with E-state index in [0.29, 0.717) is 44.0 Å². The minimum atomic E-state index is -0.250. The largest absolute Gasteiger partial charge is 0.496 e. The van der Waals surface area contributed by atoms with Crippen molar-refractivity contribution in [1.29, 1.82) is 0 Å². The topological polar surface area (TPSA) is 69.0 Å². The maximum atomic E-state index is 12.4. The van der Waals surface area contributed by atoms with Crippen molar-refractivity contribution in [3.8, 4) is 17.1 Å². The Morgan fingerprint density at radius 1 is 1.14 bits per heavy atom. The lowest BCUT2D eigenvalue weighted by Gasteiger charge is -2.11. The monoisotopic (exact) mass is 470 g/mol. The van der Waals surface area contributed by atoms with Crippen LogP contribution in [0.25, 0.3) is 11.4 Å². The number of anilines is 1. The molecule has 152 valence electrons. The Kier molecular flexibility index (Phi) is 7.29. The van der Waals surface area contributed by atoms with Crippen LogP contribution in [0.4, 0.5) is 5.69 Å². The third-order valence-corrected chi connectivity index (χ3v) is 6.00. The molecule has 1 N–H and O–H groups in total. The fraction of sp³-hybridized carbons (Fsp3) is 0.211. The van der Waals surface area contributed by atoms with E-state index in [4.69, 9.17) is 39.5 Å². The van der Waals surface area contributed by atoms with Gasteiger partial charge in [0.1, 0.15) is 5.75 Å². The second-order valence-corrected chi connectivity index (χ2v) is 8.00. The summed E-state index contributed by atoms with van der Waals surface area (Å²) in [4.78, 5) is 12.4. The minimum absolute atomic E-state index is 0.126. The number of ether oxygens (including phenoxy) is 1. The lowest BCUT2D eigenvalue weighted by molar-refractivity contribution is -0.113. The van der Waals surface area contributed by atoms with Crippen LogP contribution in [0.5, 0.6) is 5.75 Å². The predicted molar refractivity (Wildman–Crippen MR) is 119 cm³/mol. The van der Waals surface area contributed by atoms with Crippen molar-refractivity contribution in [1.82, 2.24) is 14.8 Å². The Labute approximate surface area is 187 Å². The van der Waals surface area contributed by atoms with Gasteiger partial charge in [-0.2, -0.15) is 0 Å². The molecule has 0 spiro atoms. The number of methoxy groups -OCH3 is 1. The van der Waals surface area contributed by atoms with Gasteiger partial charge in [0.05, 0.1) is 39.2 Å². The molecule has 1 heterocycles. The fourth-order valence-electron chi connectivity index (χ4n) is 2.64. The summed E-state index contributed by atoms with van der Waals surface area (Å²) in [5.41, 5.74) is 1.24. The van der Waals surface area contributed by atoms with Crippen LogP contribution in [-0.2, 0) is 11.3 Å². The molecule has 2 aromatic carbocycles. The molecule has 0 bridgehead atoms. The Hall–Kier alpha value is -1.93. The molecule has 0 unspecified atom stereocenters. The van der Waals surface area contributed by atoms with Crippen molar-refractivity contribution in [2.75, 3.05) is 18.2 Å². The summed E-state index contributed by atoms with van der Waals surface area (Å²) in [5.74, 6) is 1.26. The summed E-state index contributed by atoms with van der Waals surface area (Å²) in [6.07, 6.45) is 0. The molecule has 0 saturated carbocycles. The molecule has 3 aromatic rings. The van der Waals surface area contributed by atoms with E-state index in [1.807, 2.05) is 35.8 Å². The molecular weight excluding hydrogens is 455 g/mol. The van der Waals surface area contributed by atoms with E-state index in [-0.39, 0.29) is 11.7 Å². The van der Waals surface area contributed by atoms with Crippen LogP contribution in [0.1, 0.15) is 6.92 Å². The molecule has 0 radical (unpaired) electrons. The van der Waals surface area contributed by atoms with Gasteiger partial charge >= 0.3 is 0 Å². The molecule has 0 atom stereocenters. The highest BCUT2D eigenvalue weighted by Gasteiger charge is 2.18. The van der Waals surface area contributed by atoms with E-state index in [1.165, 1.54) is 23.9 Å². The maximum absolute atomic E-state index is 12.4. The maximum Gasteiger partial charge on any atom is 0.234 e. The third-order valence-electron chi connectivity index (χ3n) is 4.00. The molecule has 1 aromatic heterocycles. The van der Waals surface area contributed by atoms with Crippen LogP contribution in [-0.4, -0.2) is 33.5 Å². The number of nitrogens with one attached hydrogen (secondary N) is 1. The molecule has 10 heteroatoms. The number of aromatic nitrogens is 3. The Morgan fingerprint density at radius 2 is 1.86 bits per heavy atom. The number of halogens is 3. The van der Waals surface area contributed by atoms with Crippen LogP contribution in [0.3, 0.4) is 0 Å². The summed E-state index contributed by atoms with van der Waals surface area (Å²) in [6.45, 7) is 2.63. The van der Waals surface area contributed by atoms with Gasteiger partial charge in [0.25, 0.3) is 0 Å². The van der Waals surface area contributed by atoms with Crippen molar-refractivity contribution < 1.29 is 9.53 Å². The number of nitrogens with zero attached hydrogens (tertiary/aromatic N) is 3. The van der Waals surface area contributed by atoms with Crippen molar-refractivity contribution in [3.63, 3.8) is 0 Å². The van der Waals surface area contributed by atoms with Crippen LogP contribution < -0.4 is 10.1 Å². The molecule has 29 heavy (non-hydrogen) atoms. The first kappa shape index (κ1) is 21.8. The van der Waals surface area contributed by atoms with Crippen molar-refractivity contribution in [3.05, 3.63) is 51.5 Å². The lowest BCUT2D eigenvalue weighted by Crippen LogP contribution is -2.15. The van der Waals surface area contributed by atoms with Gasteiger partial charge in [-0.1, -0.05) is 58.7 Å². The second kappa shape index (κ2) is 9.71. The summed E-state index contributed by atoms with van der Waals surface area (Å²) < 4.78 is 7.35. The second-order valence-electron chi connectivity index (χ2n) is 5.83. The van der Waals surface area contributed by atoms with E-state index in [2.05, 4.69) is 15.5 Å². The van der Waals surface area contributed by atoms with Crippen LogP contribution in [0.2, 0.25) is 15.1 Å². The van der Waals surface area contributed by atoms with Gasteiger partial charge in [-0.05, 0) is 31.2 Å². The van der Waals surface area contributed by atoms with Crippen molar-refractivity contribution >= 4 is 58.2 Å². The SMILES string of the molecule is CCn1c(SCC(=O)Nc2cc(Cl)c(Cl)cc2Cl)nnc1-c1ccccc1OC. The predicted octanol–water partition coefficient (Wildman–Crippen LogP) is 5.66. The Balaban J connectivity index is 1.74. The number of para-hydroxylation sites is 1. The lowest BCUT2D eigenvalue weighted by atomic mass is 10.2. The summed E-state index contributed by atoms with van der Waals surface area (Å²) in [7, 11) is 1.61. The number of carbonyl (C=O) groups excluding carboxylic acids is 1. The van der Waals surface area contributed by atoms with E-state index < -0.39 is 0 Å². The van der Waals surface area contributed by atoms with Crippen LogP contribution >= 0.6 is 46.6 Å². The molecular formula is C19H17Cl3N4O2S. The van der Waals surface area contributed by atoms with Gasteiger partial charge in [-0.25, -0.2) is 0 Å². The highest BCUT2D eigenvalue weighted by Crippen LogP contribution is 2.33. The highest BCUT2D eigenvalue weighted by molar-refractivity contribution is 7.99. The first-order chi connectivity index (χ1) is 13.9. The van der Waals surface area contributed by atoms with Crippen molar-refractivity contribution in [2.45, 2.75) is 18.6 Å². The zero-order chi connectivity index (χ0) is 21.0. The van der Waals surface area contributed by atoms with Gasteiger partial charge in [-0.3, -0.25) is 4.79 Å². The fourth-order valence-corrected chi connectivity index (χ4v) is 4.04. The molecule has 0 aliphatic rings. The third kappa shape index (κ3) is 4.98. The normalized spacial score (nSPS) is 10.8. The number of carbonyl (C=O) groups is 1. The quantitative estimate of drug-likeness (QED) is 0.355. The van der Waals surface area contributed by atoms with Gasteiger partial charge in [0.2, 0.25) is 5.91 Å². The van der Waals surface area contributed by atoms with Crippen LogP contribution in [0.15, 0.2) is 41.6 Å². The number of thioether (sulfide) groups is 1. The Morgan fingerprint density at radius 3 is 2.59 bits per heavy atom. The standard InChI is InChI=1S/C19H17Cl3N4O2S/c1-3-26-18(11-6-4-5-7-16(11)28-2)24-25-19(26)29-10-17(27)23-15-9-13(21)12(20)8-14(15)22/h4-9H,3,10H2,1-2H3,(H,23,27). The van der Waals surface area contributed by atoms with Crippen LogP contribution in [0, 0.1) is 0 Å². The minimum Gasteiger partial charge on any atom is -0.496 e. The number of amides is 1. The van der Waals surface area contributed by atoms with Gasteiger partial charge in [0.15, 0.2) is 11.0 Å². The summed E-state index contributed by atoms with van der Waals surface area (Å²) in [5, 5.41) is 12.8. The first-order valence-corrected chi connectivity index (χ1v) is 10.7. The van der Waals surface area contributed by atoms with E-state index in [9.17, 15) is 4.79 Å². The molecule has 0 fully saturated rings. The molecule has 0 aliphatic heterocycles. The first-order valence-electron chi connectivity index (χ1n) is 8.58. The average Bonchev–Trinajstić information content (AvgIpc) is 3.13. The number of hydrogen-bond acceptors (Lipinski definition) is 5. The average molecular weight is 472 g/mol. The number of benzene rings is 2. The summed E-state index contributed by atoms with van der Waals surface area (Å²) in [6, 6.07) is 10.6. The molecule has 3 rings (SSSR count). The van der Waals surface area contributed by atoms with Gasteiger partial charge < -0.3 is 14.6 Å². The number of hydrogen-bond donors (Lipinski definition) is 1. The summed E-state index contributed by atoms with van der Waals surface area (Å²) >= 11 is 19.3. The van der Waals surface area contributed by atoms with E-state index >= 15 is 0 Å². The molecule has 1 amide bonds. The molecule has 0 aliphatic carbocycles. The van der Waals surface area contributed by atoms with Gasteiger partial charge in [0, 0.05) is 6.54 Å². The number of rotatable bonds is 7. The van der Waals surface area contributed by atoms with Gasteiger partial charge in [-0.15, -0.1) is 10.2 Å². The Bertz CT molecular complexity index is 1040. The molecule has 0 saturated heterocycles. The van der Waals surface area contributed by atoms with E-state index in [0.717, 1.165) is 5.56 Å². The highest BCUT2D eigenvalue weighted by atomic mass is 35.5. The molecule has 6 nitrogen and oxygen atoms in total.